The first-order valence-corrected chi connectivity index (χ1v) is 19.5. The standard InChI is InChI=1S/C52H33NOS/c1-2-12-36(13-3-1)42-29-27-40(32-48(42)47-18-10-17-46-43-15-6-8-19-49(43)54-52(46)47)53(41-28-30-45-44-16-7-9-20-50(44)55-51(45)33-41)39-25-23-35(24-26-39)38-22-21-34-11-4-5-14-37(34)31-38/h1-33H. The third kappa shape index (κ3) is 5.40. The summed E-state index contributed by atoms with van der Waals surface area (Å²) in [6, 6.07) is 72.3. The molecule has 2 heterocycles. The Morgan fingerprint density at radius 2 is 1.02 bits per heavy atom. The fraction of sp³-hybridized carbons (Fsp3) is 0. The second-order valence-corrected chi connectivity index (χ2v) is 15.2. The van der Waals surface area contributed by atoms with E-state index in [2.05, 4.69) is 199 Å². The van der Waals surface area contributed by atoms with Gasteiger partial charge in [0.25, 0.3) is 0 Å². The molecule has 0 saturated heterocycles. The Morgan fingerprint density at radius 1 is 0.345 bits per heavy atom. The fourth-order valence-electron chi connectivity index (χ4n) is 8.20. The zero-order valence-corrected chi connectivity index (χ0v) is 30.6. The van der Waals surface area contributed by atoms with Crippen LogP contribution in [0.15, 0.2) is 205 Å². The van der Waals surface area contributed by atoms with E-state index < -0.39 is 0 Å². The van der Waals surface area contributed by atoms with Crippen molar-refractivity contribution in [3.63, 3.8) is 0 Å². The Balaban J connectivity index is 1.12. The van der Waals surface area contributed by atoms with Crippen molar-refractivity contribution in [2.24, 2.45) is 0 Å². The van der Waals surface area contributed by atoms with Crippen molar-refractivity contribution in [1.82, 2.24) is 0 Å². The van der Waals surface area contributed by atoms with Gasteiger partial charge < -0.3 is 9.32 Å². The molecule has 0 aliphatic rings. The SMILES string of the molecule is c1ccc(-c2ccc(N(c3ccc(-c4ccc5ccccc5c4)cc3)c3ccc4c(c3)sc3ccccc34)cc2-c2cccc3c2oc2ccccc23)cc1. The van der Waals surface area contributed by atoms with Crippen LogP contribution in [-0.2, 0) is 0 Å². The van der Waals surface area contributed by atoms with Crippen molar-refractivity contribution >= 4 is 81.3 Å². The maximum absolute atomic E-state index is 6.65. The van der Waals surface area contributed by atoms with E-state index in [1.807, 2.05) is 17.4 Å². The third-order valence-electron chi connectivity index (χ3n) is 10.9. The highest BCUT2D eigenvalue weighted by atomic mass is 32.1. The van der Waals surface area contributed by atoms with E-state index in [4.69, 9.17) is 4.42 Å². The number of hydrogen-bond acceptors (Lipinski definition) is 3. The lowest BCUT2D eigenvalue weighted by Crippen LogP contribution is -2.10. The molecule has 9 aromatic carbocycles. The highest BCUT2D eigenvalue weighted by Crippen LogP contribution is 2.45. The summed E-state index contributed by atoms with van der Waals surface area (Å²) in [4.78, 5) is 2.39. The lowest BCUT2D eigenvalue weighted by atomic mass is 9.92. The molecule has 258 valence electrons. The molecule has 0 aliphatic heterocycles. The van der Waals surface area contributed by atoms with Crippen molar-refractivity contribution in [3.8, 4) is 33.4 Å². The van der Waals surface area contributed by atoms with Gasteiger partial charge >= 0.3 is 0 Å². The number of hydrogen-bond donors (Lipinski definition) is 0. The molecule has 0 unspecified atom stereocenters. The first-order valence-electron chi connectivity index (χ1n) is 18.7. The van der Waals surface area contributed by atoms with Gasteiger partial charge in [-0.05, 0) is 93.2 Å². The van der Waals surface area contributed by atoms with Crippen molar-refractivity contribution in [1.29, 1.82) is 0 Å². The highest BCUT2D eigenvalue weighted by molar-refractivity contribution is 7.25. The number of para-hydroxylation sites is 2. The minimum absolute atomic E-state index is 0.895. The Hall–Kier alpha value is -6.94. The number of benzene rings is 9. The van der Waals surface area contributed by atoms with E-state index in [9.17, 15) is 0 Å². The summed E-state index contributed by atoms with van der Waals surface area (Å²) in [5.74, 6) is 0. The van der Waals surface area contributed by atoms with Crippen LogP contribution in [0.1, 0.15) is 0 Å². The maximum Gasteiger partial charge on any atom is 0.143 e. The Bertz CT molecular complexity index is 3210. The van der Waals surface area contributed by atoms with Crippen LogP contribution in [0.25, 0.3) is 86.3 Å². The van der Waals surface area contributed by atoms with Gasteiger partial charge in [0.05, 0.1) is 0 Å². The molecule has 0 amide bonds. The first-order chi connectivity index (χ1) is 27.2. The smallest absolute Gasteiger partial charge is 0.143 e. The zero-order valence-electron chi connectivity index (χ0n) is 29.8. The summed E-state index contributed by atoms with van der Waals surface area (Å²) < 4.78 is 9.21. The van der Waals surface area contributed by atoms with Crippen LogP contribution in [0.3, 0.4) is 0 Å². The fourth-order valence-corrected chi connectivity index (χ4v) is 9.33. The topological polar surface area (TPSA) is 16.4 Å². The molecule has 2 nitrogen and oxygen atoms in total. The first kappa shape index (κ1) is 31.6. The molecular formula is C52H33NOS. The molecule has 0 radical (unpaired) electrons. The molecule has 0 bridgehead atoms. The van der Waals surface area contributed by atoms with Gasteiger partial charge in [-0.2, -0.15) is 0 Å². The van der Waals surface area contributed by atoms with Gasteiger partial charge in [0.1, 0.15) is 11.2 Å². The van der Waals surface area contributed by atoms with Crippen LogP contribution in [0.4, 0.5) is 17.1 Å². The Kier molecular flexibility index (Phi) is 7.39. The average Bonchev–Trinajstić information content (AvgIpc) is 3.82. The summed E-state index contributed by atoms with van der Waals surface area (Å²) in [5, 5.41) is 7.32. The van der Waals surface area contributed by atoms with Crippen LogP contribution in [0.2, 0.25) is 0 Å². The predicted molar refractivity (Wildman–Crippen MR) is 235 cm³/mol. The monoisotopic (exact) mass is 719 g/mol. The molecule has 11 rings (SSSR count). The van der Waals surface area contributed by atoms with Crippen molar-refractivity contribution < 1.29 is 4.42 Å². The van der Waals surface area contributed by atoms with E-state index in [0.29, 0.717) is 0 Å². The molecule has 55 heavy (non-hydrogen) atoms. The summed E-state index contributed by atoms with van der Waals surface area (Å²) in [7, 11) is 0. The Labute approximate surface area is 322 Å². The quantitative estimate of drug-likeness (QED) is 0.170. The lowest BCUT2D eigenvalue weighted by Gasteiger charge is -2.27. The van der Waals surface area contributed by atoms with Gasteiger partial charge in [-0.1, -0.05) is 146 Å². The predicted octanol–water partition coefficient (Wildman–Crippen LogP) is 15.6. The number of rotatable bonds is 6. The number of furan rings is 1. The molecule has 3 heteroatoms. The number of fused-ring (bicyclic) bond motifs is 7. The molecule has 0 fully saturated rings. The summed E-state index contributed by atoms with van der Waals surface area (Å²) in [6.45, 7) is 0. The normalized spacial score (nSPS) is 11.6. The molecule has 0 aliphatic carbocycles. The molecule has 0 spiro atoms. The van der Waals surface area contributed by atoms with Crippen molar-refractivity contribution in [3.05, 3.63) is 200 Å². The maximum atomic E-state index is 6.65. The number of thiophene rings is 1. The van der Waals surface area contributed by atoms with Crippen molar-refractivity contribution in [2.45, 2.75) is 0 Å². The minimum atomic E-state index is 0.895. The van der Waals surface area contributed by atoms with Crippen LogP contribution in [0.5, 0.6) is 0 Å². The summed E-state index contributed by atoms with van der Waals surface area (Å²) >= 11 is 1.85. The van der Waals surface area contributed by atoms with E-state index >= 15 is 0 Å². The molecule has 0 atom stereocenters. The molecule has 0 N–H and O–H groups in total. The highest BCUT2D eigenvalue weighted by Gasteiger charge is 2.20. The number of nitrogens with zero attached hydrogens (tertiary/aromatic N) is 1. The van der Waals surface area contributed by atoms with Gasteiger partial charge in [-0.15, -0.1) is 11.3 Å². The van der Waals surface area contributed by atoms with Gasteiger partial charge in [0.15, 0.2) is 0 Å². The second-order valence-electron chi connectivity index (χ2n) is 14.1. The second kappa shape index (κ2) is 12.9. The van der Waals surface area contributed by atoms with Gasteiger partial charge in [0, 0.05) is 53.6 Å². The zero-order chi connectivity index (χ0) is 36.3. The van der Waals surface area contributed by atoms with Crippen LogP contribution < -0.4 is 4.90 Å². The van der Waals surface area contributed by atoms with Gasteiger partial charge in [-0.3, -0.25) is 0 Å². The van der Waals surface area contributed by atoms with Crippen LogP contribution >= 0.6 is 11.3 Å². The van der Waals surface area contributed by atoms with E-state index in [-0.39, 0.29) is 0 Å². The molecule has 11 aromatic rings. The Morgan fingerprint density at radius 3 is 1.91 bits per heavy atom. The third-order valence-corrected chi connectivity index (χ3v) is 12.0. The van der Waals surface area contributed by atoms with Crippen molar-refractivity contribution in [2.75, 3.05) is 4.90 Å². The lowest BCUT2D eigenvalue weighted by molar-refractivity contribution is 0.670. The average molecular weight is 720 g/mol. The van der Waals surface area contributed by atoms with E-state index in [1.165, 1.54) is 42.1 Å². The van der Waals surface area contributed by atoms with E-state index in [1.54, 1.807) is 0 Å². The van der Waals surface area contributed by atoms with Crippen LogP contribution in [0, 0.1) is 0 Å². The van der Waals surface area contributed by atoms with Crippen LogP contribution in [-0.4, -0.2) is 0 Å². The summed E-state index contributed by atoms with van der Waals surface area (Å²) in [5.41, 5.74) is 12.0. The number of anilines is 3. The summed E-state index contributed by atoms with van der Waals surface area (Å²) in [6.07, 6.45) is 0. The minimum Gasteiger partial charge on any atom is -0.455 e. The van der Waals surface area contributed by atoms with Gasteiger partial charge in [0.2, 0.25) is 0 Å². The van der Waals surface area contributed by atoms with Gasteiger partial charge in [-0.25, -0.2) is 0 Å². The molecular weight excluding hydrogens is 687 g/mol. The largest absolute Gasteiger partial charge is 0.455 e. The molecule has 0 saturated carbocycles. The van der Waals surface area contributed by atoms with E-state index in [0.717, 1.165) is 61.3 Å². The molecule has 2 aromatic heterocycles.